The Balaban J connectivity index is 1.43. The molecule has 0 saturated carbocycles. The van der Waals surface area contributed by atoms with Crippen LogP contribution in [0.15, 0.2) is 18.3 Å². The molecule has 0 unspecified atom stereocenters. The van der Waals surface area contributed by atoms with Crippen molar-refractivity contribution in [2.75, 3.05) is 46.4 Å². The minimum absolute atomic E-state index is 0.0672. The number of aryl methyl sites for hydroxylation is 1. The Kier molecular flexibility index (Phi) is 6.35. The van der Waals surface area contributed by atoms with Gasteiger partial charge in [0.1, 0.15) is 5.56 Å². The van der Waals surface area contributed by atoms with Crippen molar-refractivity contribution in [2.24, 2.45) is 7.05 Å². The average molecular weight is 412 g/mol. The molecule has 1 saturated heterocycles. The smallest absolute Gasteiger partial charge is 0.261 e. The van der Waals surface area contributed by atoms with Gasteiger partial charge in [0, 0.05) is 52.5 Å². The zero-order valence-electron chi connectivity index (χ0n) is 15.3. The molecule has 1 N–H and O–H groups in total. The van der Waals surface area contributed by atoms with Gasteiger partial charge in [-0.1, -0.05) is 11.6 Å². The summed E-state index contributed by atoms with van der Waals surface area (Å²) in [6.07, 6.45) is 1.68. The van der Waals surface area contributed by atoms with Gasteiger partial charge in [0.25, 0.3) is 11.8 Å². The predicted octanol–water partition coefficient (Wildman–Crippen LogP) is 1.33. The minimum Gasteiger partial charge on any atom is -0.479 e. The highest BCUT2D eigenvalue weighted by Crippen LogP contribution is 2.21. The number of piperazine rings is 1. The van der Waals surface area contributed by atoms with Crippen molar-refractivity contribution >= 4 is 34.8 Å². The third kappa shape index (κ3) is 4.79. The number of methoxy groups -OCH3 is 1. The maximum Gasteiger partial charge on any atom is 0.261 e. The molecule has 2 aromatic rings. The average Bonchev–Trinajstić information content (AvgIpc) is 3.27. The summed E-state index contributed by atoms with van der Waals surface area (Å²) >= 11 is 7.12. The van der Waals surface area contributed by atoms with Crippen LogP contribution in [0, 0.1) is 0 Å². The standard InChI is InChI=1S/C17H22ClN5O3S/c1-21-11-12(16(20-21)26-2)17(25)23-9-7-22(8-10-23)6-5-19-15(24)13-3-4-14(18)27-13/h3-4,11H,5-10H2,1-2H3,(H,19,24). The fourth-order valence-electron chi connectivity index (χ4n) is 2.96. The van der Waals surface area contributed by atoms with Crippen molar-refractivity contribution in [3.63, 3.8) is 0 Å². The lowest BCUT2D eigenvalue weighted by Crippen LogP contribution is -2.50. The largest absolute Gasteiger partial charge is 0.479 e. The van der Waals surface area contributed by atoms with Crippen LogP contribution >= 0.6 is 22.9 Å². The third-order valence-corrected chi connectivity index (χ3v) is 5.62. The van der Waals surface area contributed by atoms with E-state index in [4.69, 9.17) is 16.3 Å². The van der Waals surface area contributed by atoms with Crippen molar-refractivity contribution in [2.45, 2.75) is 0 Å². The molecule has 0 radical (unpaired) electrons. The number of rotatable bonds is 6. The van der Waals surface area contributed by atoms with Gasteiger partial charge < -0.3 is 15.0 Å². The maximum absolute atomic E-state index is 12.7. The van der Waals surface area contributed by atoms with Crippen molar-refractivity contribution in [1.29, 1.82) is 0 Å². The number of carbonyl (C=O) groups excluding carboxylic acids is 2. The number of thiophene rings is 1. The van der Waals surface area contributed by atoms with Gasteiger partial charge in [-0.2, -0.15) is 0 Å². The number of halogens is 1. The lowest BCUT2D eigenvalue weighted by molar-refractivity contribution is 0.0635. The molecular formula is C17H22ClN5O3S. The molecule has 3 heterocycles. The Morgan fingerprint density at radius 3 is 2.67 bits per heavy atom. The zero-order valence-corrected chi connectivity index (χ0v) is 16.8. The molecular weight excluding hydrogens is 390 g/mol. The number of hydrogen-bond acceptors (Lipinski definition) is 6. The van der Waals surface area contributed by atoms with Gasteiger partial charge in [0.05, 0.1) is 16.3 Å². The first kappa shape index (κ1) is 19.7. The molecule has 8 nitrogen and oxygen atoms in total. The van der Waals surface area contributed by atoms with E-state index in [2.05, 4.69) is 15.3 Å². The second-order valence-electron chi connectivity index (χ2n) is 6.22. The van der Waals surface area contributed by atoms with Gasteiger partial charge in [0.2, 0.25) is 5.88 Å². The summed E-state index contributed by atoms with van der Waals surface area (Å²) in [6, 6.07) is 3.44. The van der Waals surface area contributed by atoms with Crippen LogP contribution < -0.4 is 10.1 Å². The highest BCUT2D eigenvalue weighted by atomic mass is 35.5. The van der Waals surface area contributed by atoms with Gasteiger partial charge >= 0.3 is 0 Å². The number of aromatic nitrogens is 2. The van der Waals surface area contributed by atoms with Crippen LogP contribution in [-0.2, 0) is 7.05 Å². The van der Waals surface area contributed by atoms with E-state index in [1.807, 2.05) is 4.90 Å². The number of ether oxygens (including phenoxy) is 1. The van der Waals surface area contributed by atoms with Gasteiger partial charge in [-0.05, 0) is 12.1 Å². The first-order chi connectivity index (χ1) is 13.0. The molecule has 1 fully saturated rings. The van der Waals surface area contributed by atoms with Crippen LogP contribution in [0.1, 0.15) is 20.0 Å². The molecule has 0 spiro atoms. The number of nitrogens with one attached hydrogen (secondary N) is 1. The summed E-state index contributed by atoms with van der Waals surface area (Å²) in [7, 11) is 3.27. The molecule has 1 aliphatic heterocycles. The quantitative estimate of drug-likeness (QED) is 0.775. The summed E-state index contributed by atoms with van der Waals surface area (Å²) < 4.78 is 7.35. The zero-order chi connectivity index (χ0) is 19.4. The Morgan fingerprint density at radius 1 is 1.30 bits per heavy atom. The molecule has 1 aliphatic rings. The summed E-state index contributed by atoms with van der Waals surface area (Å²) in [5.74, 6) is 0.174. The van der Waals surface area contributed by atoms with Crippen LogP contribution in [0.4, 0.5) is 0 Å². The first-order valence-electron chi connectivity index (χ1n) is 8.60. The summed E-state index contributed by atoms with van der Waals surface area (Å²) in [4.78, 5) is 29.3. The van der Waals surface area contributed by atoms with E-state index in [1.54, 1.807) is 30.1 Å². The second kappa shape index (κ2) is 8.73. The highest BCUT2D eigenvalue weighted by Gasteiger charge is 2.26. The molecule has 0 aliphatic carbocycles. The first-order valence-corrected chi connectivity index (χ1v) is 9.80. The fourth-order valence-corrected chi connectivity index (χ4v) is 3.92. The Morgan fingerprint density at radius 2 is 2.04 bits per heavy atom. The second-order valence-corrected chi connectivity index (χ2v) is 7.93. The van der Waals surface area contributed by atoms with E-state index >= 15 is 0 Å². The van der Waals surface area contributed by atoms with Crippen molar-refractivity contribution in [3.05, 3.63) is 33.1 Å². The van der Waals surface area contributed by atoms with E-state index in [0.29, 0.717) is 40.3 Å². The molecule has 2 aromatic heterocycles. The van der Waals surface area contributed by atoms with E-state index < -0.39 is 0 Å². The van der Waals surface area contributed by atoms with E-state index in [1.165, 1.54) is 18.4 Å². The SMILES string of the molecule is COc1nn(C)cc1C(=O)N1CCN(CCNC(=O)c2ccc(Cl)s2)CC1. The lowest BCUT2D eigenvalue weighted by atomic mass is 10.2. The summed E-state index contributed by atoms with van der Waals surface area (Å²) in [6.45, 7) is 4.07. The number of amides is 2. The summed E-state index contributed by atoms with van der Waals surface area (Å²) in [5, 5.41) is 7.03. The lowest BCUT2D eigenvalue weighted by Gasteiger charge is -2.34. The molecule has 146 valence electrons. The maximum atomic E-state index is 12.7. The van der Waals surface area contributed by atoms with E-state index in [-0.39, 0.29) is 11.8 Å². The van der Waals surface area contributed by atoms with Gasteiger partial charge in [-0.25, -0.2) is 0 Å². The molecule has 0 atom stereocenters. The van der Waals surface area contributed by atoms with E-state index in [0.717, 1.165) is 19.6 Å². The molecule has 0 aromatic carbocycles. The van der Waals surface area contributed by atoms with Crippen LogP contribution in [0.5, 0.6) is 5.88 Å². The van der Waals surface area contributed by atoms with Crippen molar-refractivity contribution in [3.8, 4) is 5.88 Å². The van der Waals surface area contributed by atoms with Gasteiger partial charge in [0.15, 0.2) is 0 Å². The minimum atomic E-state index is -0.107. The molecule has 27 heavy (non-hydrogen) atoms. The molecule has 10 heteroatoms. The third-order valence-electron chi connectivity index (χ3n) is 4.39. The highest BCUT2D eigenvalue weighted by molar-refractivity contribution is 7.17. The van der Waals surface area contributed by atoms with Crippen LogP contribution in [0.2, 0.25) is 4.34 Å². The van der Waals surface area contributed by atoms with Crippen LogP contribution in [0.3, 0.4) is 0 Å². The predicted molar refractivity (Wildman–Crippen MR) is 104 cm³/mol. The fraction of sp³-hybridized carbons (Fsp3) is 0.471. The van der Waals surface area contributed by atoms with Crippen molar-refractivity contribution < 1.29 is 14.3 Å². The van der Waals surface area contributed by atoms with E-state index in [9.17, 15) is 9.59 Å². The topological polar surface area (TPSA) is 79.7 Å². The normalized spacial score (nSPS) is 15.0. The Bertz CT molecular complexity index is 813. The van der Waals surface area contributed by atoms with Crippen LogP contribution in [0.25, 0.3) is 0 Å². The number of carbonyl (C=O) groups is 2. The number of nitrogens with zero attached hydrogens (tertiary/aromatic N) is 4. The van der Waals surface area contributed by atoms with Crippen molar-refractivity contribution in [1.82, 2.24) is 24.9 Å². The molecule has 2 amide bonds. The van der Waals surface area contributed by atoms with Gasteiger partial charge in [-0.15, -0.1) is 16.4 Å². The molecule has 0 bridgehead atoms. The van der Waals surface area contributed by atoms with Crippen LogP contribution in [-0.4, -0.2) is 77.8 Å². The Labute approximate surface area is 166 Å². The van der Waals surface area contributed by atoms with Gasteiger partial charge in [-0.3, -0.25) is 19.2 Å². The molecule has 3 rings (SSSR count). The summed E-state index contributed by atoms with van der Waals surface area (Å²) in [5.41, 5.74) is 0.482. The Hall–Kier alpha value is -2.10. The number of hydrogen-bond donors (Lipinski definition) is 1. The monoisotopic (exact) mass is 411 g/mol.